The zero-order valence-electron chi connectivity index (χ0n) is 17.4. The van der Waals surface area contributed by atoms with Crippen molar-refractivity contribution < 1.29 is 9.47 Å². The number of fused-ring (bicyclic) bond motifs is 3. The van der Waals surface area contributed by atoms with E-state index in [1.54, 1.807) is 7.11 Å². The summed E-state index contributed by atoms with van der Waals surface area (Å²) < 4.78 is 13.8. The summed E-state index contributed by atoms with van der Waals surface area (Å²) in [6.07, 6.45) is 5.68. The molecule has 0 spiro atoms. The number of halogens is 3. The SMILES string of the molecule is COc1cc([C@@H]2Nc3ccc(Br)cc3[C@@H]3C=CC[C@@H]32)cc(Br)c1OCc1ccccc1Cl. The molecule has 3 nitrogen and oxygen atoms in total. The van der Waals surface area contributed by atoms with Crippen LogP contribution in [0, 0.1) is 5.92 Å². The van der Waals surface area contributed by atoms with Gasteiger partial charge in [-0.05, 0) is 75.8 Å². The quantitative estimate of drug-likeness (QED) is 0.311. The normalized spacial score (nSPS) is 20.9. The minimum atomic E-state index is 0.173. The largest absolute Gasteiger partial charge is 0.493 e. The zero-order chi connectivity index (χ0) is 22.2. The molecule has 0 fully saturated rings. The van der Waals surface area contributed by atoms with E-state index < -0.39 is 0 Å². The Morgan fingerprint density at radius 1 is 1.09 bits per heavy atom. The highest BCUT2D eigenvalue weighted by Gasteiger charge is 2.38. The molecule has 1 heterocycles. The highest BCUT2D eigenvalue weighted by atomic mass is 79.9. The third-order valence-corrected chi connectivity index (χ3v) is 7.72. The molecule has 0 aromatic heterocycles. The first kappa shape index (κ1) is 21.9. The van der Waals surface area contributed by atoms with Crippen LogP contribution in [0.5, 0.6) is 11.5 Å². The smallest absolute Gasteiger partial charge is 0.175 e. The van der Waals surface area contributed by atoms with Gasteiger partial charge in [0.15, 0.2) is 11.5 Å². The standard InChI is InChI=1S/C26H22Br2ClNO2/c1-31-24-12-16(11-21(28)26(24)32-14-15-5-2-3-8-22(15)29)25-19-7-4-6-18(19)20-13-17(27)9-10-23(20)30-25/h2-6,8-13,18-19,25,30H,7,14H2,1H3/t18-,19+,25+/m1/s1. The van der Waals surface area contributed by atoms with Gasteiger partial charge < -0.3 is 14.8 Å². The predicted molar refractivity (Wildman–Crippen MR) is 137 cm³/mol. The molecule has 5 rings (SSSR count). The summed E-state index contributed by atoms with van der Waals surface area (Å²) in [5.41, 5.74) is 4.63. The summed E-state index contributed by atoms with van der Waals surface area (Å²) in [6, 6.07) is 18.6. The van der Waals surface area contributed by atoms with Gasteiger partial charge in [0.1, 0.15) is 6.61 Å². The Morgan fingerprint density at radius 3 is 2.75 bits per heavy atom. The molecule has 3 atom stereocenters. The van der Waals surface area contributed by atoms with Crippen LogP contribution in [0.3, 0.4) is 0 Å². The van der Waals surface area contributed by atoms with Crippen molar-refractivity contribution >= 4 is 49.1 Å². The van der Waals surface area contributed by atoms with Crippen molar-refractivity contribution in [2.45, 2.75) is 25.0 Å². The molecule has 0 saturated carbocycles. The number of benzene rings is 3. The Morgan fingerprint density at radius 2 is 1.94 bits per heavy atom. The second-order valence-electron chi connectivity index (χ2n) is 8.12. The zero-order valence-corrected chi connectivity index (χ0v) is 21.4. The maximum absolute atomic E-state index is 6.29. The number of nitrogens with one attached hydrogen (secondary N) is 1. The lowest BCUT2D eigenvalue weighted by Gasteiger charge is -2.38. The maximum Gasteiger partial charge on any atom is 0.175 e. The summed E-state index contributed by atoms with van der Waals surface area (Å²) in [5.74, 6) is 2.22. The number of ether oxygens (including phenoxy) is 2. The molecule has 3 aromatic carbocycles. The monoisotopic (exact) mass is 573 g/mol. The van der Waals surface area contributed by atoms with E-state index in [9.17, 15) is 0 Å². The predicted octanol–water partition coefficient (Wildman–Crippen LogP) is 8.28. The summed E-state index contributed by atoms with van der Waals surface area (Å²) >= 11 is 13.6. The topological polar surface area (TPSA) is 30.5 Å². The number of hydrogen-bond acceptors (Lipinski definition) is 3. The van der Waals surface area contributed by atoms with E-state index in [2.05, 4.69) is 79.7 Å². The second kappa shape index (κ2) is 9.12. The van der Waals surface area contributed by atoms with Crippen LogP contribution in [0.15, 0.2) is 75.7 Å². The van der Waals surface area contributed by atoms with Gasteiger partial charge in [0, 0.05) is 26.7 Å². The first-order valence-corrected chi connectivity index (χ1v) is 12.5. The van der Waals surface area contributed by atoms with Crippen LogP contribution >= 0.6 is 43.5 Å². The Kier molecular flexibility index (Phi) is 6.24. The Labute approximate surface area is 210 Å². The van der Waals surface area contributed by atoms with Gasteiger partial charge in [-0.25, -0.2) is 0 Å². The van der Waals surface area contributed by atoms with Gasteiger partial charge in [-0.3, -0.25) is 0 Å². The number of anilines is 1. The molecule has 0 saturated heterocycles. The molecule has 0 radical (unpaired) electrons. The van der Waals surface area contributed by atoms with Crippen LogP contribution in [0.4, 0.5) is 5.69 Å². The van der Waals surface area contributed by atoms with Gasteiger partial charge in [-0.1, -0.05) is 57.9 Å². The van der Waals surface area contributed by atoms with Crippen molar-refractivity contribution in [3.8, 4) is 11.5 Å². The van der Waals surface area contributed by atoms with Crippen molar-refractivity contribution in [1.82, 2.24) is 0 Å². The van der Waals surface area contributed by atoms with Gasteiger partial charge in [0.2, 0.25) is 0 Å². The molecule has 164 valence electrons. The van der Waals surface area contributed by atoms with Crippen LogP contribution < -0.4 is 14.8 Å². The molecule has 0 bridgehead atoms. The van der Waals surface area contributed by atoms with E-state index >= 15 is 0 Å². The van der Waals surface area contributed by atoms with Crippen molar-refractivity contribution in [1.29, 1.82) is 0 Å². The first-order chi connectivity index (χ1) is 15.5. The number of allylic oxidation sites excluding steroid dienone is 2. The van der Waals surface area contributed by atoms with Crippen LogP contribution in [0.1, 0.15) is 35.1 Å². The average molecular weight is 576 g/mol. The average Bonchev–Trinajstić information content (AvgIpc) is 3.29. The second-order valence-corrected chi connectivity index (χ2v) is 10.3. The first-order valence-electron chi connectivity index (χ1n) is 10.5. The molecule has 2 aliphatic rings. The highest BCUT2D eigenvalue weighted by molar-refractivity contribution is 9.10. The van der Waals surface area contributed by atoms with E-state index in [4.69, 9.17) is 21.1 Å². The van der Waals surface area contributed by atoms with E-state index in [0.29, 0.717) is 35.0 Å². The Balaban J connectivity index is 1.46. The maximum atomic E-state index is 6.29. The van der Waals surface area contributed by atoms with Gasteiger partial charge >= 0.3 is 0 Å². The van der Waals surface area contributed by atoms with Gasteiger partial charge in [0.25, 0.3) is 0 Å². The lowest BCUT2D eigenvalue weighted by molar-refractivity contribution is 0.282. The van der Waals surface area contributed by atoms with Crippen LogP contribution in [-0.4, -0.2) is 7.11 Å². The summed E-state index contributed by atoms with van der Waals surface area (Å²) in [7, 11) is 1.68. The van der Waals surface area contributed by atoms with Gasteiger partial charge in [-0.15, -0.1) is 0 Å². The fraction of sp³-hybridized carbons (Fsp3) is 0.231. The molecule has 1 N–H and O–H groups in total. The van der Waals surface area contributed by atoms with Crippen molar-refractivity contribution in [2.24, 2.45) is 5.92 Å². The van der Waals surface area contributed by atoms with Crippen LogP contribution in [-0.2, 0) is 6.61 Å². The molecule has 1 aliphatic heterocycles. The van der Waals surface area contributed by atoms with Gasteiger partial charge in [-0.2, -0.15) is 0 Å². The highest BCUT2D eigenvalue weighted by Crippen LogP contribution is 2.51. The molecule has 1 aliphatic carbocycles. The number of hydrogen-bond donors (Lipinski definition) is 1. The molecule has 0 amide bonds. The lowest BCUT2D eigenvalue weighted by atomic mass is 9.77. The van der Waals surface area contributed by atoms with Crippen molar-refractivity contribution in [3.05, 3.63) is 97.4 Å². The van der Waals surface area contributed by atoms with Crippen LogP contribution in [0.25, 0.3) is 0 Å². The summed E-state index contributed by atoms with van der Waals surface area (Å²) in [6.45, 7) is 0.368. The Hall–Kier alpha value is -1.95. The molecular formula is C26H22Br2ClNO2. The Bertz CT molecular complexity index is 1200. The summed E-state index contributed by atoms with van der Waals surface area (Å²) in [5, 5.41) is 4.47. The fourth-order valence-corrected chi connectivity index (χ4v) is 5.86. The third kappa shape index (κ3) is 4.07. The van der Waals surface area contributed by atoms with E-state index in [1.165, 1.54) is 16.8 Å². The minimum Gasteiger partial charge on any atom is -0.493 e. The van der Waals surface area contributed by atoms with Crippen LogP contribution in [0.2, 0.25) is 5.02 Å². The fourth-order valence-electron chi connectivity index (χ4n) is 4.72. The molecular weight excluding hydrogens is 554 g/mol. The molecule has 32 heavy (non-hydrogen) atoms. The van der Waals surface area contributed by atoms with E-state index in [-0.39, 0.29) is 6.04 Å². The molecule has 6 heteroatoms. The van der Waals surface area contributed by atoms with Gasteiger partial charge in [0.05, 0.1) is 17.6 Å². The van der Waals surface area contributed by atoms with Crippen molar-refractivity contribution in [2.75, 3.05) is 12.4 Å². The minimum absolute atomic E-state index is 0.173. The number of rotatable bonds is 5. The third-order valence-electron chi connectivity index (χ3n) is 6.27. The lowest BCUT2D eigenvalue weighted by Crippen LogP contribution is -2.29. The van der Waals surface area contributed by atoms with E-state index in [1.807, 2.05) is 24.3 Å². The number of methoxy groups -OCH3 is 1. The molecule has 3 aromatic rings. The molecule has 0 unspecified atom stereocenters. The van der Waals surface area contributed by atoms with Crippen molar-refractivity contribution in [3.63, 3.8) is 0 Å². The summed E-state index contributed by atoms with van der Waals surface area (Å²) in [4.78, 5) is 0. The van der Waals surface area contributed by atoms with E-state index in [0.717, 1.165) is 20.9 Å².